The third-order valence-electron chi connectivity index (χ3n) is 4.61. The quantitative estimate of drug-likeness (QED) is 0.354. The highest BCUT2D eigenvalue weighted by molar-refractivity contribution is 9.10. The molecule has 3 aromatic carbocycles. The highest BCUT2D eigenvalue weighted by atomic mass is 79.9. The second kappa shape index (κ2) is 8.08. The maximum atomic E-state index is 12.6. The summed E-state index contributed by atoms with van der Waals surface area (Å²) >= 11 is 5.66. The number of benzene rings is 3. The van der Waals surface area contributed by atoms with E-state index in [1.807, 2.05) is 24.3 Å². The van der Waals surface area contributed by atoms with Crippen LogP contribution in [0.15, 0.2) is 74.5 Å². The van der Waals surface area contributed by atoms with Crippen LogP contribution in [-0.4, -0.2) is 31.2 Å². The van der Waals surface area contributed by atoms with Gasteiger partial charge in [0.15, 0.2) is 4.90 Å². The lowest BCUT2D eigenvalue weighted by atomic mass is 10.2. The minimum Gasteiger partial charge on any atom is -0.611 e. The third kappa shape index (κ3) is 3.95. The van der Waals surface area contributed by atoms with Gasteiger partial charge in [0.2, 0.25) is 0 Å². The summed E-state index contributed by atoms with van der Waals surface area (Å²) in [7, 11) is 0. The molecule has 0 aliphatic heterocycles. The van der Waals surface area contributed by atoms with Gasteiger partial charge in [0.05, 0.1) is 6.54 Å². The number of hydrogen-bond donors (Lipinski definition) is 2. The number of nitrogens with zero attached hydrogens (tertiary/aromatic N) is 1. The molecule has 0 saturated heterocycles. The zero-order valence-electron chi connectivity index (χ0n) is 14.7. The van der Waals surface area contributed by atoms with Gasteiger partial charge in [-0.1, -0.05) is 37.9 Å². The van der Waals surface area contributed by atoms with E-state index in [1.165, 1.54) is 12.1 Å². The molecule has 144 valence electrons. The topological polar surface area (TPSA) is 68.5 Å². The van der Waals surface area contributed by atoms with Crippen molar-refractivity contribution in [2.24, 2.45) is 0 Å². The van der Waals surface area contributed by atoms with Crippen LogP contribution < -0.4 is 0 Å². The molecule has 0 spiro atoms. The normalized spacial score (nSPS) is 13.9. The SMILES string of the molecule is [O-][S+](CC(O)Cn1c2ccc(Br)cc2c2cc(Br)ccc21)c1cccc(O)c1. The van der Waals surface area contributed by atoms with Crippen molar-refractivity contribution in [2.45, 2.75) is 17.5 Å². The average molecular weight is 523 g/mol. The van der Waals surface area contributed by atoms with Crippen LogP contribution in [0.5, 0.6) is 5.75 Å². The van der Waals surface area contributed by atoms with Crippen LogP contribution in [0.2, 0.25) is 0 Å². The van der Waals surface area contributed by atoms with Gasteiger partial charge in [0, 0.05) is 36.8 Å². The number of phenolic OH excluding ortho intramolecular Hbond substituents is 1. The summed E-state index contributed by atoms with van der Waals surface area (Å²) in [6.45, 7) is 0.327. The summed E-state index contributed by atoms with van der Waals surface area (Å²) in [6, 6.07) is 18.5. The fourth-order valence-electron chi connectivity index (χ4n) is 3.40. The molecule has 4 aromatic rings. The first kappa shape index (κ1) is 19.8. The first-order valence-electron chi connectivity index (χ1n) is 8.65. The van der Waals surface area contributed by atoms with Gasteiger partial charge in [-0.25, -0.2) is 0 Å². The summed E-state index contributed by atoms with van der Waals surface area (Å²) in [5.74, 6) is 0.163. The highest BCUT2D eigenvalue weighted by Gasteiger charge is 2.20. The monoisotopic (exact) mass is 521 g/mol. The van der Waals surface area contributed by atoms with Crippen molar-refractivity contribution in [2.75, 3.05) is 5.75 Å². The molecule has 0 fully saturated rings. The van der Waals surface area contributed by atoms with Crippen molar-refractivity contribution in [1.29, 1.82) is 0 Å². The second-order valence-corrected chi connectivity index (χ2v) is 9.92. The van der Waals surface area contributed by atoms with E-state index in [-0.39, 0.29) is 11.5 Å². The van der Waals surface area contributed by atoms with Crippen LogP contribution in [0.25, 0.3) is 21.8 Å². The first-order chi connectivity index (χ1) is 13.4. The molecular weight excluding hydrogens is 506 g/mol. The fraction of sp³-hybridized carbons (Fsp3) is 0.143. The number of aromatic hydroxyl groups is 1. The first-order valence-corrected chi connectivity index (χ1v) is 11.6. The Morgan fingerprint density at radius 3 is 2.11 bits per heavy atom. The van der Waals surface area contributed by atoms with Gasteiger partial charge in [0.1, 0.15) is 17.6 Å². The highest BCUT2D eigenvalue weighted by Crippen LogP contribution is 2.33. The predicted molar refractivity (Wildman–Crippen MR) is 120 cm³/mol. The lowest BCUT2D eigenvalue weighted by Gasteiger charge is -2.17. The van der Waals surface area contributed by atoms with E-state index in [2.05, 4.69) is 48.6 Å². The van der Waals surface area contributed by atoms with Gasteiger partial charge in [-0.3, -0.25) is 0 Å². The third-order valence-corrected chi connectivity index (χ3v) is 7.06. The molecule has 2 N–H and O–H groups in total. The largest absolute Gasteiger partial charge is 0.611 e. The number of aliphatic hydroxyl groups is 1. The molecule has 0 radical (unpaired) electrons. The fourth-order valence-corrected chi connectivity index (χ4v) is 5.26. The predicted octanol–water partition coefficient (Wildman–Crippen LogP) is 5.19. The molecule has 7 heteroatoms. The van der Waals surface area contributed by atoms with Crippen molar-refractivity contribution in [3.05, 3.63) is 69.6 Å². The number of hydrogen-bond acceptors (Lipinski definition) is 3. The van der Waals surface area contributed by atoms with Crippen LogP contribution in [0.1, 0.15) is 0 Å². The molecule has 4 rings (SSSR count). The summed E-state index contributed by atoms with van der Waals surface area (Å²) in [6.07, 6.45) is -0.797. The van der Waals surface area contributed by atoms with Crippen LogP contribution in [0, 0.1) is 0 Å². The summed E-state index contributed by atoms with van der Waals surface area (Å²) in [5, 5.41) is 22.4. The Labute approximate surface area is 182 Å². The van der Waals surface area contributed by atoms with Crippen LogP contribution >= 0.6 is 31.9 Å². The summed E-state index contributed by atoms with van der Waals surface area (Å²) in [4.78, 5) is 0.508. The van der Waals surface area contributed by atoms with Crippen molar-refractivity contribution in [3.63, 3.8) is 0 Å². The van der Waals surface area contributed by atoms with Crippen molar-refractivity contribution < 1.29 is 14.8 Å². The van der Waals surface area contributed by atoms with Gasteiger partial charge >= 0.3 is 0 Å². The molecule has 0 saturated carbocycles. The number of rotatable bonds is 5. The van der Waals surface area contributed by atoms with Crippen molar-refractivity contribution >= 4 is 64.8 Å². The smallest absolute Gasteiger partial charge is 0.156 e. The van der Waals surface area contributed by atoms with Gasteiger partial charge in [-0.15, -0.1) is 0 Å². The number of halogens is 2. The van der Waals surface area contributed by atoms with E-state index >= 15 is 0 Å². The maximum absolute atomic E-state index is 12.6. The van der Waals surface area contributed by atoms with Crippen LogP contribution in [-0.2, 0) is 17.7 Å². The number of aliphatic hydroxyl groups excluding tert-OH is 1. The Morgan fingerprint density at radius 2 is 1.54 bits per heavy atom. The summed E-state index contributed by atoms with van der Waals surface area (Å²) < 4.78 is 16.6. The minimum atomic E-state index is -1.40. The Balaban J connectivity index is 1.66. The second-order valence-electron chi connectivity index (χ2n) is 6.60. The van der Waals surface area contributed by atoms with E-state index in [0.29, 0.717) is 11.4 Å². The number of fused-ring (bicyclic) bond motifs is 3. The number of aromatic nitrogens is 1. The van der Waals surface area contributed by atoms with Gasteiger partial charge in [0.25, 0.3) is 0 Å². The molecule has 0 aliphatic rings. The molecule has 1 aromatic heterocycles. The minimum absolute atomic E-state index is 0.0684. The maximum Gasteiger partial charge on any atom is 0.156 e. The van der Waals surface area contributed by atoms with E-state index in [4.69, 9.17) is 0 Å². The standard InChI is InChI=1S/C21H17Br2NO3S/c22-13-4-6-20-18(8-13)19-9-14(23)5-7-21(19)24(20)11-16(26)12-28(27)17-3-1-2-15(25)10-17/h1-10,16,25-26H,11-12H2. The lowest BCUT2D eigenvalue weighted by molar-refractivity contribution is 0.179. The average Bonchev–Trinajstić information content (AvgIpc) is 2.94. The molecule has 0 bridgehead atoms. The molecule has 4 nitrogen and oxygen atoms in total. The van der Waals surface area contributed by atoms with Crippen molar-refractivity contribution in [3.8, 4) is 5.75 Å². The van der Waals surface area contributed by atoms with Crippen LogP contribution in [0.3, 0.4) is 0 Å². The van der Waals surface area contributed by atoms with Gasteiger partial charge < -0.3 is 19.3 Å². The van der Waals surface area contributed by atoms with E-state index in [0.717, 1.165) is 30.8 Å². The number of phenols is 1. The molecular formula is C21H17Br2NO3S. The molecule has 2 unspecified atom stereocenters. The molecule has 0 amide bonds. The zero-order valence-corrected chi connectivity index (χ0v) is 18.7. The Bertz CT molecular complexity index is 1100. The molecule has 1 heterocycles. The van der Waals surface area contributed by atoms with Crippen molar-refractivity contribution in [1.82, 2.24) is 4.57 Å². The lowest BCUT2D eigenvalue weighted by Crippen LogP contribution is -2.25. The van der Waals surface area contributed by atoms with E-state index < -0.39 is 17.3 Å². The van der Waals surface area contributed by atoms with Crippen LogP contribution in [0.4, 0.5) is 0 Å². The molecule has 28 heavy (non-hydrogen) atoms. The Morgan fingerprint density at radius 1 is 0.929 bits per heavy atom. The van der Waals surface area contributed by atoms with Gasteiger partial charge in [-0.05, 0) is 59.7 Å². The van der Waals surface area contributed by atoms with Gasteiger partial charge in [-0.2, -0.15) is 0 Å². The summed E-state index contributed by atoms with van der Waals surface area (Å²) in [5.41, 5.74) is 2.02. The van der Waals surface area contributed by atoms with E-state index in [9.17, 15) is 14.8 Å². The molecule has 0 aliphatic carbocycles. The Kier molecular flexibility index (Phi) is 5.71. The zero-order chi connectivity index (χ0) is 19.8. The Hall–Kier alpha value is -1.51. The molecule has 2 atom stereocenters. The van der Waals surface area contributed by atoms with E-state index in [1.54, 1.807) is 12.1 Å².